The van der Waals surface area contributed by atoms with Crippen LogP contribution >= 0.6 is 23.5 Å². The van der Waals surface area contributed by atoms with Gasteiger partial charge in [0.15, 0.2) is 6.61 Å². The Labute approximate surface area is 190 Å². The fourth-order valence-corrected chi connectivity index (χ4v) is 6.04. The van der Waals surface area contributed by atoms with E-state index in [0.29, 0.717) is 23.5 Å². The summed E-state index contributed by atoms with van der Waals surface area (Å²) in [4.78, 5) is 12.3. The zero-order valence-corrected chi connectivity index (χ0v) is 18.8. The zero-order chi connectivity index (χ0) is 21.3. The Morgan fingerprint density at radius 1 is 1.03 bits per heavy atom. The lowest BCUT2D eigenvalue weighted by atomic mass is 10.2. The first-order valence-corrected chi connectivity index (χ1v) is 12.3. The molecule has 31 heavy (non-hydrogen) atoms. The summed E-state index contributed by atoms with van der Waals surface area (Å²) in [5.41, 5.74) is 2.99. The van der Waals surface area contributed by atoms with Crippen LogP contribution in [0.1, 0.15) is 27.9 Å². The summed E-state index contributed by atoms with van der Waals surface area (Å²) in [6.07, 6.45) is 2.91. The Hall–Kier alpha value is -2.35. The highest BCUT2D eigenvalue weighted by Gasteiger charge is 2.16. The van der Waals surface area contributed by atoms with E-state index < -0.39 is 0 Å². The maximum atomic E-state index is 12.3. The van der Waals surface area contributed by atoms with Gasteiger partial charge in [-0.05, 0) is 65.5 Å². The molecule has 1 aromatic heterocycles. The van der Waals surface area contributed by atoms with Crippen LogP contribution in [0.25, 0.3) is 0 Å². The number of nitrogens with one attached hydrogen (secondary N) is 1. The van der Waals surface area contributed by atoms with Crippen molar-refractivity contribution < 1.29 is 18.7 Å². The van der Waals surface area contributed by atoms with Gasteiger partial charge in [-0.25, -0.2) is 0 Å². The molecule has 0 radical (unpaired) electrons. The monoisotopic (exact) mass is 455 g/mol. The van der Waals surface area contributed by atoms with Crippen LogP contribution < -0.4 is 10.1 Å². The summed E-state index contributed by atoms with van der Waals surface area (Å²) in [6, 6.07) is 19.4. The molecule has 7 heteroatoms. The first-order valence-electron chi connectivity index (χ1n) is 10.2. The summed E-state index contributed by atoms with van der Waals surface area (Å²) in [6.45, 7) is 0.810. The van der Waals surface area contributed by atoms with Crippen molar-refractivity contribution >= 4 is 35.1 Å². The highest BCUT2D eigenvalue weighted by molar-refractivity contribution is 8.16. The Morgan fingerprint density at radius 2 is 1.87 bits per heavy atom. The van der Waals surface area contributed by atoms with Gasteiger partial charge in [-0.2, -0.15) is 0 Å². The van der Waals surface area contributed by atoms with Gasteiger partial charge in [0.05, 0.1) is 17.5 Å². The largest absolute Gasteiger partial charge is 0.484 e. The van der Waals surface area contributed by atoms with Crippen molar-refractivity contribution in [3.63, 3.8) is 0 Å². The van der Waals surface area contributed by atoms with Crippen LogP contribution in [0.15, 0.2) is 71.3 Å². The minimum absolute atomic E-state index is 0.0362. The predicted octanol–water partition coefficient (Wildman–Crippen LogP) is 5.88. The van der Waals surface area contributed by atoms with Crippen molar-refractivity contribution in [2.24, 2.45) is 0 Å². The summed E-state index contributed by atoms with van der Waals surface area (Å²) in [5.74, 6) is 3.72. The van der Waals surface area contributed by atoms with E-state index in [9.17, 15) is 4.79 Å². The molecule has 1 fully saturated rings. The van der Waals surface area contributed by atoms with Crippen LogP contribution in [0.2, 0.25) is 0 Å². The third-order valence-electron chi connectivity index (χ3n) is 4.65. The third kappa shape index (κ3) is 6.82. The molecule has 2 heterocycles. The molecule has 0 aliphatic carbocycles. The van der Waals surface area contributed by atoms with E-state index in [2.05, 4.69) is 17.4 Å². The smallest absolute Gasteiger partial charge is 0.262 e. The Balaban J connectivity index is 1.22. The number of rotatable bonds is 9. The molecule has 3 aromatic rings. The maximum Gasteiger partial charge on any atom is 0.262 e. The number of ether oxygens (including phenoxy) is 2. The van der Waals surface area contributed by atoms with Gasteiger partial charge in [0.1, 0.15) is 18.1 Å². The van der Waals surface area contributed by atoms with Crippen molar-refractivity contribution in [1.29, 1.82) is 0 Å². The Kier molecular flexibility index (Phi) is 7.98. The first kappa shape index (κ1) is 21.9. The van der Waals surface area contributed by atoms with Crippen LogP contribution in [0.4, 0.5) is 5.69 Å². The van der Waals surface area contributed by atoms with E-state index in [1.165, 1.54) is 23.5 Å². The Bertz CT molecular complexity index is 954. The van der Waals surface area contributed by atoms with E-state index in [0.717, 1.165) is 17.0 Å². The number of hydrogen-bond acceptors (Lipinski definition) is 6. The molecule has 1 aliphatic heterocycles. The Morgan fingerprint density at radius 3 is 2.65 bits per heavy atom. The van der Waals surface area contributed by atoms with Crippen LogP contribution in [0, 0.1) is 0 Å². The molecule has 0 bridgehead atoms. The number of furan rings is 1. The van der Waals surface area contributed by atoms with Gasteiger partial charge < -0.3 is 19.2 Å². The molecule has 0 unspecified atom stereocenters. The minimum Gasteiger partial charge on any atom is -0.484 e. The molecule has 162 valence electrons. The maximum absolute atomic E-state index is 12.3. The SMILES string of the molecule is O=C(COc1ccc(C2SCCCS2)cc1)Nc1cccc(COCc2ccco2)c1. The van der Waals surface area contributed by atoms with E-state index >= 15 is 0 Å². The first-order chi connectivity index (χ1) is 15.3. The molecule has 1 aliphatic rings. The fraction of sp³-hybridized carbons (Fsp3) is 0.292. The van der Waals surface area contributed by atoms with Crippen molar-refractivity contribution in [2.45, 2.75) is 24.2 Å². The van der Waals surface area contributed by atoms with Crippen LogP contribution in [-0.2, 0) is 22.7 Å². The van der Waals surface area contributed by atoms with Crippen molar-refractivity contribution in [3.8, 4) is 5.75 Å². The third-order valence-corrected chi connectivity index (χ3v) is 7.67. The van der Waals surface area contributed by atoms with E-state index in [1.54, 1.807) is 6.26 Å². The predicted molar refractivity (Wildman–Crippen MR) is 126 cm³/mol. The lowest BCUT2D eigenvalue weighted by Gasteiger charge is -2.21. The lowest BCUT2D eigenvalue weighted by Crippen LogP contribution is -2.20. The van der Waals surface area contributed by atoms with Gasteiger partial charge in [-0.1, -0.05) is 24.3 Å². The molecule has 4 rings (SSSR count). The summed E-state index contributed by atoms with van der Waals surface area (Å²) in [7, 11) is 0. The summed E-state index contributed by atoms with van der Waals surface area (Å²) in [5, 5.41) is 2.87. The average molecular weight is 456 g/mol. The number of benzene rings is 2. The van der Waals surface area contributed by atoms with Gasteiger partial charge in [0, 0.05) is 5.69 Å². The van der Waals surface area contributed by atoms with Gasteiger partial charge >= 0.3 is 0 Å². The number of hydrogen-bond donors (Lipinski definition) is 1. The number of thioether (sulfide) groups is 2. The molecule has 1 amide bonds. The molecule has 2 aromatic carbocycles. The average Bonchev–Trinajstić information content (AvgIpc) is 3.33. The van der Waals surface area contributed by atoms with Crippen molar-refractivity contribution in [3.05, 3.63) is 83.8 Å². The summed E-state index contributed by atoms with van der Waals surface area (Å²) < 4.78 is 17.1. The van der Waals surface area contributed by atoms with Crippen LogP contribution in [0.3, 0.4) is 0 Å². The molecular formula is C24H25NO4S2. The molecule has 1 N–H and O–H groups in total. The topological polar surface area (TPSA) is 60.7 Å². The van der Waals surface area contributed by atoms with Crippen LogP contribution in [-0.4, -0.2) is 24.0 Å². The van der Waals surface area contributed by atoms with Crippen molar-refractivity contribution in [1.82, 2.24) is 0 Å². The van der Waals surface area contributed by atoms with Gasteiger partial charge in [0.25, 0.3) is 5.91 Å². The van der Waals surface area contributed by atoms with Crippen molar-refractivity contribution in [2.75, 3.05) is 23.4 Å². The van der Waals surface area contributed by atoms with Gasteiger partial charge in [-0.15, -0.1) is 23.5 Å². The van der Waals surface area contributed by atoms with E-state index in [-0.39, 0.29) is 12.5 Å². The van der Waals surface area contributed by atoms with Crippen LogP contribution in [0.5, 0.6) is 5.75 Å². The number of anilines is 1. The number of carbonyl (C=O) groups excluding carboxylic acids is 1. The minimum atomic E-state index is -0.198. The van der Waals surface area contributed by atoms with Gasteiger partial charge in [-0.3, -0.25) is 4.79 Å². The number of amides is 1. The molecule has 0 saturated carbocycles. The second-order valence-corrected chi connectivity index (χ2v) is 9.83. The van der Waals surface area contributed by atoms with Gasteiger partial charge in [0.2, 0.25) is 0 Å². The molecule has 0 spiro atoms. The lowest BCUT2D eigenvalue weighted by molar-refractivity contribution is -0.118. The summed E-state index contributed by atoms with van der Waals surface area (Å²) >= 11 is 3.98. The molecule has 1 saturated heterocycles. The highest BCUT2D eigenvalue weighted by atomic mass is 32.2. The highest BCUT2D eigenvalue weighted by Crippen LogP contribution is 2.43. The standard InChI is InChI=1S/C24H25NO4S2/c26-23(17-29-21-9-7-19(8-10-21)24-30-12-3-13-31-24)25-20-5-1-4-18(14-20)15-27-16-22-6-2-11-28-22/h1-2,4-11,14,24H,3,12-13,15-17H2,(H,25,26). The quantitative estimate of drug-likeness (QED) is 0.435. The van der Waals surface area contributed by atoms with E-state index in [1.807, 2.05) is 72.1 Å². The number of carbonyl (C=O) groups is 1. The molecule has 5 nitrogen and oxygen atoms in total. The fourth-order valence-electron chi connectivity index (χ4n) is 3.15. The second kappa shape index (κ2) is 11.3. The second-order valence-electron chi connectivity index (χ2n) is 7.11. The molecule has 0 atom stereocenters. The zero-order valence-electron chi connectivity index (χ0n) is 17.1. The van der Waals surface area contributed by atoms with E-state index in [4.69, 9.17) is 13.9 Å². The normalized spacial score (nSPS) is 14.3. The molecular weight excluding hydrogens is 430 g/mol.